The smallest absolute Gasteiger partial charge is 0.287 e. The quantitative estimate of drug-likeness (QED) is 0.716. The number of anilines is 1. The molecule has 0 aliphatic heterocycles. The average molecular weight is 266 g/mol. The van der Waals surface area contributed by atoms with E-state index in [9.17, 15) is 4.79 Å². The first-order valence-electron chi connectivity index (χ1n) is 6.33. The summed E-state index contributed by atoms with van der Waals surface area (Å²) in [6, 6.07) is 16.7. The first-order chi connectivity index (χ1) is 9.72. The summed E-state index contributed by atoms with van der Waals surface area (Å²) in [5.74, 6) is 0.0969. The predicted octanol–water partition coefficient (Wildman–Crippen LogP) is 2.95. The fourth-order valence-electron chi connectivity index (χ4n) is 2.00. The minimum Gasteiger partial charge on any atom is -0.451 e. The van der Waals surface area contributed by atoms with Crippen molar-refractivity contribution in [2.24, 2.45) is 0 Å². The van der Waals surface area contributed by atoms with Crippen LogP contribution in [0.5, 0.6) is 0 Å². The number of furan rings is 1. The van der Waals surface area contributed by atoms with E-state index in [0.29, 0.717) is 23.6 Å². The Morgan fingerprint density at radius 2 is 1.85 bits per heavy atom. The number of hydrogen-bond acceptors (Lipinski definition) is 3. The second-order valence-electron chi connectivity index (χ2n) is 4.57. The first-order valence-corrected chi connectivity index (χ1v) is 6.33. The molecule has 3 aromatic rings. The standard InChI is InChI=1S/C16H14N2O2/c17-13-7-5-11(6-8-13)10-18-16(19)15-9-12-3-1-2-4-14(12)20-15/h1-9H,10,17H2,(H,18,19). The van der Waals surface area contributed by atoms with E-state index < -0.39 is 0 Å². The summed E-state index contributed by atoms with van der Waals surface area (Å²) in [5.41, 5.74) is 8.02. The van der Waals surface area contributed by atoms with E-state index in [-0.39, 0.29) is 5.91 Å². The Balaban J connectivity index is 1.71. The van der Waals surface area contributed by atoms with Gasteiger partial charge in [-0.2, -0.15) is 0 Å². The maximum atomic E-state index is 12.0. The molecule has 0 aliphatic rings. The van der Waals surface area contributed by atoms with Crippen molar-refractivity contribution in [2.45, 2.75) is 6.54 Å². The van der Waals surface area contributed by atoms with E-state index >= 15 is 0 Å². The van der Waals surface area contributed by atoms with Crippen LogP contribution in [0.2, 0.25) is 0 Å². The number of nitrogen functional groups attached to an aromatic ring is 1. The summed E-state index contributed by atoms with van der Waals surface area (Å²) >= 11 is 0. The van der Waals surface area contributed by atoms with E-state index in [1.54, 1.807) is 6.07 Å². The maximum absolute atomic E-state index is 12.0. The van der Waals surface area contributed by atoms with Crippen molar-refractivity contribution in [2.75, 3.05) is 5.73 Å². The minimum atomic E-state index is -0.224. The summed E-state index contributed by atoms with van der Waals surface area (Å²) in [4.78, 5) is 12.0. The molecule has 0 bridgehead atoms. The molecule has 0 spiro atoms. The molecule has 0 aliphatic carbocycles. The largest absolute Gasteiger partial charge is 0.451 e. The van der Waals surface area contributed by atoms with Gasteiger partial charge in [-0.25, -0.2) is 0 Å². The van der Waals surface area contributed by atoms with Gasteiger partial charge in [-0.3, -0.25) is 4.79 Å². The molecule has 1 heterocycles. The van der Waals surface area contributed by atoms with Gasteiger partial charge in [-0.15, -0.1) is 0 Å². The summed E-state index contributed by atoms with van der Waals surface area (Å²) in [7, 11) is 0. The van der Waals surface area contributed by atoms with Crippen LogP contribution in [0, 0.1) is 0 Å². The third kappa shape index (κ3) is 2.49. The number of carbonyl (C=O) groups is 1. The lowest BCUT2D eigenvalue weighted by atomic mass is 10.2. The molecule has 0 saturated carbocycles. The Kier molecular flexibility index (Phi) is 3.13. The Hall–Kier alpha value is -2.75. The molecule has 3 N–H and O–H groups in total. The zero-order chi connectivity index (χ0) is 13.9. The zero-order valence-electron chi connectivity index (χ0n) is 10.8. The summed E-state index contributed by atoms with van der Waals surface area (Å²) in [6.07, 6.45) is 0. The monoisotopic (exact) mass is 266 g/mol. The fourth-order valence-corrected chi connectivity index (χ4v) is 2.00. The molecule has 4 nitrogen and oxygen atoms in total. The van der Waals surface area contributed by atoms with Crippen LogP contribution < -0.4 is 11.1 Å². The summed E-state index contributed by atoms with van der Waals surface area (Å²) < 4.78 is 5.51. The van der Waals surface area contributed by atoms with Gasteiger partial charge in [0, 0.05) is 17.6 Å². The topological polar surface area (TPSA) is 68.3 Å². The van der Waals surface area contributed by atoms with Gasteiger partial charge in [0.2, 0.25) is 0 Å². The second kappa shape index (κ2) is 5.09. The minimum absolute atomic E-state index is 0.224. The average Bonchev–Trinajstić information content (AvgIpc) is 2.90. The molecule has 100 valence electrons. The first kappa shape index (κ1) is 12.3. The van der Waals surface area contributed by atoms with Crippen molar-refractivity contribution in [3.05, 3.63) is 65.9 Å². The number of fused-ring (bicyclic) bond motifs is 1. The highest BCUT2D eigenvalue weighted by molar-refractivity contribution is 5.96. The molecule has 2 aromatic carbocycles. The molecule has 4 heteroatoms. The lowest BCUT2D eigenvalue weighted by Crippen LogP contribution is -2.22. The van der Waals surface area contributed by atoms with E-state index in [0.717, 1.165) is 10.9 Å². The van der Waals surface area contributed by atoms with Crippen LogP contribution in [-0.2, 0) is 6.54 Å². The van der Waals surface area contributed by atoms with Gasteiger partial charge in [0.05, 0.1) is 0 Å². The van der Waals surface area contributed by atoms with Crippen molar-refractivity contribution in [3.63, 3.8) is 0 Å². The van der Waals surface area contributed by atoms with Gasteiger partial charge in [-0.05, 0) is 29.8 Å². The van der Waals surface area contributed by atoms with Gasteiger partial charge in [-0.1, -0.05) is 30.3 Å². The molecule has 0 fully saturated rings. The normalized spacial score (nSPS) is 10.6. The summed E-state index contributed by atoms with van der Waals surface area (Å²) in [6.45, 7) is 0.441. The van der Waals surface area contributed by atoms with E-state index in [4.69, 9.17) is 10.2 Å². The highest BCUT2D eigenvalue weighted by atomic mass is 16.3. The highest BCUT2D eigenvalue weighted by Crippen LogP contribution is 2.18. The van der Waals surface area contributed by atoms with Crippen LogP contribution in [0.3, 0.4) is 0 Å². The lowest BCUT2D eigenvalue weighted by Gasteiger charge is -2.03. The molecule has 3 rings (SSSR count). The number of nitrogens with one attached hydrogen (secondary N) is 1. The molecule has 0 atom stereocenters. The number of amides is 1. The maximum Gasteiger partial charge on any atom is 0.287 e. The molecule has 0 unspecified atom stereocenters. The van der Waals surface area contributed by atoms with Crippen LogP contribution in [0.15, 0.2) is 59.0 Å². The van der Waals surface area contributed by atoms with Gasteiger partial charge in [0.15, 0.2) is 5.76 Å². The number of carbonyl (C=O) groups excluding carboxylic acids is 1. The molecular weight excluding hydrogens is 252 g/mol. The number of para-hydroxylation sites is 1. The lowest BCUT2D eigenvalue weighted by molar-refractivity contribution is 0.0925. The Morgan fingerprint density at radius 3 is 2.60 bits per heavy atom. The molecule has 0 radical (unpaired) electrons. The van der Waals surface area contributed by atoms with Gasteiger partial charge in [0.1, 0.15) is 5.58 Å². The van der Waals surface area contributed by atoms with Crippen LogP contribution in [-0.4, -0.2) is 5.91 Å². The number of hydrogen-bond donors (Lipinski definition) is 2. The van der Waals surface area contributed by atoms with E-state index in [1.807, 2.05) is 48.5 Å². The second-order valence-corrected chi connectivity index (χ2v) is 4.57. The summed E-state index contributed by atoms with van der Waals surface area (Å²) in [5, 5.41) is 3.74. The molecule has 1 amide bonds. The SMILES string of the molecule is Nc1ccc(CNC(=O)c2cc3ccccc3o2)cc1. The Bertz CT molecular complexity index is 712. The van der Waals surface area contributed by atoms with Crippen LogP contribution in [0.4, 0.5) is 5.69 Å². The highest BCUT2D eigenvalue weighted by Gasteiger charge is 2.11. The fraction of sp³-hybridized carbons (Fsp3) is 0.0625. The van der Waals surface area contributed by atoms with Crippen LogP contribution >= 0.6 is 0 Å². The molecular formula is C16H14N2O2. The van der Waals surface area contributed by atoms with Crippen molar-refractivity contribution >= 4 is 22.6 Å². The van der Waals surface area contributed by atoms with Crippen molar-refractivity contribution in [3.8, 4) is 0 Å². The van der Waals surface area contributed by atoms with Gasteiger partial charge >= 0.3 is 0 Å². The van der Waals surface area contributed by atoms with Crippen molar-refractivity contribution < 1.29 is 9.21 Å². The van der Waals surface area contributed by atoms with Crippen LogP contribution in [0.25, 0.3) is 11.0 Å². The predicted molar refractivity (Wildman–Crippen MR) is 78.2 cm³/mol. The van der Waals surface area contributed by atoms with Gasteiger partial charge < -0.3 is 15.5 Å². The number of benzene rings is 2. The zero-order valence-corrected chi connectivity index (χ0v) is 10.8. The number of rotatable bonds is 3. The molecule has 1 aromatic heterocycles. The third-order valence-corrected chi connectivity index (χ3v) is 3.08. The van der Waals surface area contributed by atoms with Gasteiger partial charge in [0.25, 0.3) is 5.91 Å². The molecule has 0 saturated heterocycles. The van der Waals surface area contributed by atoms with Crippen molar-refractivity contribution in [1.82, 2.24) is 5.32 Å². The number of nitrogens with two attached hydrogens (primary N) is 1. The third-order valence-electron chi connectivity index (χ3n) is 3.08. The Morgan fingerprint density at radius 1 is 1.10 bits per heavy atom. The Labute approximate surface area is 116 Å². The molecule has 20 heavy (non-hydrogen) atoms. The van der Waals surface area contributed by atoms with Crippen molar-refractivity contribution in [1.29, 1.82) is 0 Å². The van der Waals surface area contributed by atoms with Crippen LogP contribution in [0.1, 0.15) is 16.1 Å². The van der Waals surface area contributed by atoms with E-state index in [1.165, 1.54) is 0 Å². The van der Waals surface area contributed by atoms with E-state index in [2.05, 4.69) is 5.32 Å².